The SMILES string of the molecule is CCCCOC(=O)c1ccc(N2C(=O)C(Cl)=C(Cl)C2=O)cc1. The van der Waals surface area contributed by atoms with Crippen LogP contribution in [-0.4, -0.2) is 24.4 Å². The fraction of sp³-hybridized carbons (Fsp3) is 0.267. The summed E-state index contributed by atoms with van der Waals surface area (Å²) in [7, 11) is 0. The molecule has 1 aromatic rings. The third-order valence-electron chi connectivity index (χ3n) is 3.07. The molecule has 0 radical (unpaired) electrons. The van der Waals surface area contributed by atoms with Crippen molar-refractivity contribution in [2.75, 3.05) is 11.5 Å². The number of esters is 1. The number of benzene rings is 1. The quantitative estimate of drug-likeness (QED) is 0.468. The fourth-order valence-corrected chi connectivity index (χ4v) is 2.18. The van der Waals surface area contributed by atoms with E-state index in [0.29, 0.717) is 12.2 Å². The number of rotatable bonds is 5. The lowest BCUT2D eigenvalue weighted by Crippen LogP contribution is -2.30. The van der Waals surface area contributed by atoms with Gasteiger partial charge in [0.05, 0.1) is 17.9 Å². The van der Waals surface area contributed by atoms with E-state index >= 15 is 0 Å². The van der Waals surface area contributed by atoms with Crippen LogP contribution in [0.2, 0.25) is 0 Å². The van der Waals surface area contributed by atoms with Crippen molar-refractivity contribution >= 4 is 46.7 Å². The zero-order valence-electron chi connectivity index (χ0n) is 11.8. The van der Waals surface area contributed by atoms with E-state index < -0.39 is 17.8 Å². The molecule has 1 aliphatic heterocycles. The molecule has 0 bridgehead atoms. The van der Waals surface area contributed by atoms with Gasteiger partial charge in [0.15, 0.2) is 0 Å². The van der Waals surface area contributed by atoms with E-state index in [0.717, 1.165) is 17.7 Å². The Morgan fingerprint density at radius 3 is 2.14 bits per heavy atom. The third-order valence-corrected chi connectivity index (χ3v) is 3.86. The molecule has 0 fully saturated rings. The summed E-state index contributed by atoms with van der Waals surface area (Å²) in [5.74, 6) is -1.82. The number of nitrogens with zero attached hydrogens (tertiary/aromatic N) is 1. The van der Waals surface area contributed by atoms with Crippen molar-refractivity contribution in [1.29, 1.82) is 0 Å². The van der Waals surface area contributed by atoms with Crippen LogP contribution in [0.4, 0.5) is 5.69 Å². The molecule has 0 saturated carbocycles. The summed E-state index contributed by atoms with van der Waals surface area (Å²) in [5, 5.41) is -0.621. The summed E-state index contributed by atoms with van der Waals surface area (Å²) in [5.41, 5.74) is 0.623. The molecule has 0 spiro atoms. The minimum Gasteiger partial charge on any atom is -0.462 e. The zero-order valence-corrected chi connectivity index (χ0v) is 13.3. The lowest BCUT2D eigenvalue weighted by atomic mass is 10.2. The summed E-state index contributed by atoms with van der Waals surface area (Å²) < 4.78 is 5.07. The van der Waals surface area contributed by atoms with Gasteiger partial charge in [-0.3, -0.25) is 9.59 Å². The Kier molecular flexibility index (Phi) is 5.21. The van der Waals surface area contributed by atoms with Gasteiger partial charge in [0.25, 0.3) is 11.8 Å². The van der Waals surface area contributed by atoms with Crippen LogP contribution in [0.5, 0.6) is 0 Å². The van der Waals surface area contributed by atoms with Crippen LogP contribution in [-0.2, 0) is 14.3 Å². The van der Waals surface area contributed by atoms with E-state index in [-0.39, 0.29) is 15.8 Å². The second-order valence-corrected chi connectivity index (χ2v) is 5.37. The summed E-state index contributed by atoms with van der Waals surface area (Å²) in [6, 6.07) is 5.88. The molecule has 0 unspecified atom stereocenters. The highest BCUT2D eigenvalue weighted by molar-refractivity contribution is 6.62. The van der Waals surface area contributed by atoms with E-state index in [9.17, 15) is 14.4 Å². The van der Waals surface area contributed by atoms with Crippen LogP contribution in [0, 0.1) is 0 Å². The molecular formula is C15H13Cl2NO4. The van der Waals surface area contributed by atoms with Crippen molar-refractivity contribution in [2.45, 2.75) is 19.8 Å². The Hall–Kier alpha value is -1.85. The van der Waals surface area contributed by atoms with Gasteiger partial charge in [0.2, 0.25) is 0 Å². The van der Waals surface area contributed by atoms with Crippen molar-refractivity contribution < 1.29 is 19.1 Å². The number of hydrogen-bond acceptors (Lipinski definition) is 4. The largest absolute Gasteiger partial charge is 0.462 e. The van der Waals surface area contributed by atoms with Crippen molar-refractivity contribution in [3.63, 3.8) is 0 Å². The Morgan fingerprint density at radius 1 is 1.09 bits per heavy atom. The number of ether oxygens (including phenoxy) is 1. The number of imide groups is 1. The first-order valence-corrected chi connectivity index (χ1v) is 7.44. The van der Waals surface area contributed by atoms with Gasteiger partial charge in [0, 0.05) is 0 Å². The lowest BCUT2D eigenvalue weighted by molar-refractivity contribution is -0.120. The first-order valence-electron chi connectivity index (χ1n) is 6.68. The number of carbonyl (C=O) groups excluding carboxylic acids is 3. The molecule has 2 rings (SSSR count). The van der Waals surface area contributed by atoms with E-state index in [2.05, 4.69) is 0 Å². The number of anilines is 1. The van der Waals surface area contributed by atoms with Gasteiger partial charge in [-0.15, -0.1) is 0 Å². The summed E-state index contributed by atoms with van der Waals surface area (Å²) in [6.45, 7) is 2.35. The maximum atomic E-state index is 11.9. The standard InChI is InChI=1S/C15H13Cl2NO4/c1-2-3-8-22-15(21)9-4-6-10(7-5-9)18-13(19)11(16)12(17)14(18)20/h4-7H,2-3,8H2,1H3. The monoisotopic (exact) mass is 341 g/mol. The average molecular weight is 342 g/mol. The Labute approximate surface area is 137 Å². The molecule has 0 N–H and O–H groups in total. The molecule has 1 aliphatic rings. The second-order valence-electron chi connectivity index (χ2n) is 4.61. The van der Waals surface area contributed by atoms with Crippen molar-refractivity contribution in [3.05, 3.63) is 39.9 Å². The highest BCUT2D eigenvalue weighted by atomic mass is 35.5. The van der Waals surface area contributed by atoms with Gasteiger partial charge in [-0.25, -0.2) is 9.69 Å². The molecule has 0 atom stereocenters. The maximum Gasteiger partial charge on any atom is 0.338 e. The van der Waals surface area contributed by atoms with Gasteiger partial charge in [-0.2, -0.15) is 0 Å². The number of hydrogen-bond donors (Lipinski definition) is 0. The average Bonchev–Trinajstić information content (AvgIpc) is 2.71. The minimum atomic E-state index is -0.685. The third kappa shape index (κ3) is 3.15. The maximum absolute atomic E-state index is 11.9. The van der Waals surface area contributed by atoms with Crippen molar-refractivity contribution in [2.24, 2.45) is 0 Å². The normalized spacial score (nSPS) is 14.8. The smallest absolute Gasteiger partial charge is 0.338 e. The first-order chi connectivity index (χ1) is 10.5. The van der Waals surface area contributed by atoms with Crippen LogP contribution in [0.25, 0.3) is 0 Å². The highest BCUT2D eigenvalue weighted by Gasteiger charge is 2.37. The lowest BCUT2D eigenvalue weighted by Gasteiger charge is -2.14. The van der Waals surface area contributed by atoms with Gasteiger partial charge >= 0.3 is 5.97 Å². The molecule has 22 heavy (non-hydrogen) atoms. The summed E-state index contributed by atoms with van der Waals surface area (Å²) in [6.07, 6.45) is 1.73. The molecule has 5 nitrogen and oxygen atoms in total. The highest BCUT2D eigenvalue weighted by Crippen LogP contribution is 2.31. The van der Waals surface area contributed by atoms with E-state index in [4.69, 9.17) is 27.9 Å². The molecule has 0 aromatic heterocycles. The van der Waals surface area contributed by atoms with Gasteiger partial charge < -0.3 is 4.74 Å². The van der Waals surface area contributed by atoms with E-state index in [1.54, 1.807) is 0 Å². The molecule has 116 valence electrons. The Morgan fingerprint density at radius 2 is 1.64 bits per heavy atom. The number of unbranched alkanes of at least 4 members (excludes halogenated alkanes) is 1. The van der Waals surface area contributed by atoms with Crippen molar-refractivity contribution in [3.8, 4) is 0 Å². The van der Waals surface area contributed by atoms with Crippen LogP contribution in [0.15, 0.2) is 34.3 Å². The van der Waals surface area contributed by atoms with Gasteiger partial charge in [0.1, 0.15) is 10.1 Å². The molecule has 0 saturated heterocycles. The summed E-state index contributed by atoms with van der Waals surface area (Å²) in [4.78, 5) is 36.3. The molecule has 7 heteroatoms. The Balaban J connectivity index is 2.12. The summed E-state index contributed by atoms with van der Waals surface area (Å²) >= 11 is 11.3. The number of halogens is 2. The van der Waals surface area contributed by atoms with Crippen LogP contribution < -0.4 is 4.90 Å². The fourth-order valence-electron chi connectivity index (χ4n) is 1.85. The van der Waals surface area contributed by atoms with Crippen LogP contribution in [0.1, 0.15) is 30.1 Å². The topological polar surface area (TPSA) is 63.7 Å². The predicted octanol–water partition coefficient (Wildman–Crippen LogP) is 3.21. The first kappa shape index (κ1) is 16.5. The number of amides is 2. The molecule has 1 aromatic carbocycles. The minimum absolute atomic E-state index is 0.286. The van der Waals surface area contributed by atoms with E-state index in [1.807, 2.05) is 6.92 Å². The van der Waals surface area contributed by atoms with Crippen molar-refractivity contribution in [1.82, 2.24) is 0 Å². The molecule has 1 heterocycles. The molecule has 0 aliphatic carbocycles. The zero-order chi connectivity index (χ0) is 16.3. The number of carbonyl (C=O) groups is 3. The van der Waals surface area contributed by atoms with Crippen LogP contribution >= 0.6 is 23.2 Å². The van der Waals surface area contributed by atoms with Crippen LogP contribution in [0.3, 0.4) is 0 Å². The van der Waals surface area contributed by atoms with E-state index in [1.165, 1.54) is 24.3 Å². The predicted molar refractivity (Wildman–Crippen MR) is 82.9 cm³/mol. The second kappa shape index (κ2) is 6.94. The molecule has 2 amide bonds. The molecular weight excluding hydrogens is 329 g/mol. The Bertz CT molecular complexity index is 628. The van der Waals surface area contributed by atoms with Gasteiger partial charge in [-0.1, -0.05) is 36.5 Å². The van der Waals surface area contributed by atoms with Gasteiger partial charge in [-0.05, 0) is 30.7 Å².